The number of hydrogen-bond donors (Lipinski definition) is 1. The molecule has 10 aromatic rings. The molecule has 1 aliphatic heterocycles. The molecule has 0 bridgehead atoms. The molecule has 6 nitrogen and oxygen atoms in total. The van der Waals surface area contributed by atoms with E-state index in [0.717, 1.165) is 88.5 Å². The lowest BCUT2D eigenvalue weighted by Crippen LogP contribution is -2.33. The first-order valence-corrected chi connectivity index (χ1v) is 17.1. The molecule has 0 aliphatic carbocycles. The largest absolute Gasteiger partial charge is 0.456 e. The lowest BCUT2D eigenvalue weighted by Gasteiger charge is -2.23. The second-order valence-electron chi connectivity index (χ2n) is 13.0. The van der Waals surface area contributed by atoms with Gasteiger partial charge >= 0.3 is 0 Å². The van der Waals surface area contributed by atoms with Gasteiger partial charge in [-0.2, -0.15) is 0 Å². The smallest absolute Gasteiger partial charge is 0.160 e. The molecule has 0 saturated carbocycles. The van der Waals surface area contributed by atoms with Gasteiger partial charge in [0.15, 0.2) is 11.4 Å². The van der Waals surface area contributed by atoms with Crippen LogP contribution in [0.1, 0.15) is 22.9 Å². The molecule has 0 fully saturated rings. The van der Waals surface area contributed by atoms with E-state index in [1.165, 1.54) is 5.39 Å². The van der Waals surface area contributed by atoms with E-state index < -0.39 is 0 Å². The Balaban J connectivity index is 1.08. The Morgan fingerprint density at radius 2 is 1.22 bits per heavy atom. The highest BCUT2D eigenvalue weighted by Crippen LogP contribution is 2.41. The Bertz CT molecular complexity index is 3060. The molecule has 7 aromatic carbocycles. The molecule has 0 radical (unpaired) electrons. The molecule has 0 amide bonds. The van der Waals surface area contributed by atoms with Crippen LogP contribution in [0.4, 0.5) is 0 Å². The lowest BCUT2D eigenvalue weighted by molar-refractivity contribution is 0.667. The van der Waals surface area contributed by atoms with Crippen LogP contribution in [0, 0.1) is 0 Å². The van der Waals surface area contributed by atoms with Crippen molar-refractivity contribution >= 4 is 77.4 Å². The zero-order valence-electron chi connectivity index (χ0n) is 27.2. The zero-order valence-corrected chi connectivity index (χ0v) is 27.2. The molecule has 1 unspecified atom stereocenters. The third-order valence-electron chi connectivity index (χ3n) is 10.1. The average molecular weight is 657 g/mol. The summed E-state index contributed by atoms with van der Waals surface area (Å²) in [6.07, 6.45) is -0.271. The predicted octanol–water partition coefficient (Wildman–Crippen LogP) is 11.1. The van der Waals surface area contributed by atoms with Gasteiger partial charge in [0.05, 0.1) is 11.0 Å². The van der Waals surface area contributed by atoms with Crippen molar-refractivity contribution in [3.05, 3.63) is 174 Å². The Hall–Kier alpha value is -6.92. The maximum Gasteiger partial charge on any atom is 0.160 e. The Labute approximate surface area is 291 Å². The minimum Gasteiger partial charge on any atom is -0.456 e. The molecular weight excluding hydrogens is 629 g/mol. The maximum atomic E-state index is 6.58. The van der Waals surface area contributed by atoms with Crippen LogP contribution in [-0.2, 0) is 0 Å². The van der Waals surface area contributed by atoms with Gasteiger partial charge in [-0.25, -0.2) is 9.98 Å². The summed E-state index contributed by atoms with van der Waals surface area (Å²) >= 11 is 0. The van der Waals surface area contributed by atoms with Crippen LogP contribution in [0.15, 0.2) is 177 Å². The summed E-state index contributed by atoms with van der Waals surface area (Å²) in [4.78, 5) is 10.1. The van der Waals surface area contributed by atoms with Gasteiger partial charge in [-0.3, -0.25) is 0 Å². The van der Waals surface area contributed by atoms with Crippen molar-refractivity contribution in [3.8, 4) is 5.69 Å². The fourth-order valence-corrected chi connectivity index (χ4v) is 7.67. The van der Waals surface area contributed by atoms with Gasteiger partial charge in [0.25, 0.3) is 0 Å². The third-order valence-corrected chi connectivity index (χ3v) is 10.1. The number of para-hydroxylation sites is 2. The predicted molar refractivity (Wildman–Crippen MR) is 207 cm³/mol. The van der Waals surface area contributed by atoms with E-state index in [2.05, 4.69) is 119 Å². The van der Waals surface area contributed by atoms with Crippen molar-refractivity contribution in [2.75, 3.05) is 0 Å². The quantitative estimate of drug-likeness (QED) is 0.205. The Morgan fingerprint density at radius 1 is 0.510 bits per heavy atom. The van der Waals surface area contributed by atoms with E-state index in [4.69, 9.17) is 18.8 Å². The number of aliphatic imine (C=N–C) groups is 2. The molecule has 4 heterocycles. The topological polar surface area (TPSA) is 68.0 Å². The number of amidine groups is 2. The summed E-state index contributed by atoms with van der Waals surface area (Å²) in [5, 5.41) is 10.2. The van der Waals surface area contributed by atoms with Gasteiger partial charge in [0, 0.05) is 49.1 Å². The van der Waals surface area contributed by atoms with Gasteiger partial charge in [-0.05, 0) is 54.1 Å². The van der Waals surface area contributed by atoms with Crippen molar-refractivity contribution in [2.24, 2.45) is 9.98 Å². The summed E-state index contributed by atoms with van der Waals surface area (Å²) in [5.41, 5.74) is 9.58. The van der Waals surface area contributed by atoms with E-state index in [0.29, 0.717) is 5.84 Å². The van der Waals surface area contributed by atoms with E-state index in [1.54, 1.807) is 0 Å². The molecule has 1 atom stereocenters. The van der Waals surface area contributed by atoms with Crippen LogP contribution in [0.2, 0.25) is 0 Å². The van der Waals surface area contributed by atoms with Gasteiger partial charge < -0.3 is 18.7 Å². The van der Waals surface area contributed by atoms with Crippen LogP contribution in [-0.4, -0.2) is 16.2 Å². The van der Waals surface area contributed by atoms with E-state index in [1.807, 2.05) is 48.5 Å². The number of nitrogens with one attached hydrogen (secondary N) is 1. The Morgan fingerprint density at radius 3 is 2.10 bits per heavy atom. The number of furan rings is 2. The molecular formula is C45H28N4O2. The minimum atomic E-state index is -0.271. The monoisotopic (exact) mass is 656 g/mol. The fourth-order valence-electron chi connectivity index (χ4n) is 7.67. The third kappa shape index (κ3) is 4.30. The normalized spacial score (nSPS) is 14.9. The molecule has 240 valence electrons. The second kappa shape index (κ2) is 10.8. The molecule has 1 N–H and O–H groups in total. The Kier molecular flexibility index (Phi) is 5.92. The molecule has 6 heteroatoms. The van der Waals surface area contributed by atoms with Crippen LogP contribution in [0.25, 0.3) is 71.4 Å². The SMILES string of the molecule is c1ccc(C2=NC(c3ccc4c(c3)oc3ccc(-n5c6ccccc6c6ccc7c8ccccc8oc7c65)cc34)=NC(c3ccccc3)N2)cc1. The standard InChI is InChI=1S/C45H28N4O2/c1-3-11-27(12-4-1)43-46-44(28-13-5-2-6-14-28)48-45(47-43)29-19-21-33-36-26-30(20-24-39(36)50-40(33)25-29)49-37-17-9-7-15-31(37)34-22-23-35-32-16-8-10-18-38(32)51-42(35)41(34)49/h1-26,43H,(H,46,47,48). The summed E-state index contributed by atoms with van der Waals surface area (Å²) in [7, 11) is 0. The number of nitrogens with zero attached hydrogens (tertiary/aromatic N) is 3. The number of rotatable bonds is 4. The van der Waals surface area contributed by atoms with Gasteiger partial charge in [0.2, 0.25) is 0 Å². The minimum absolute atomic E-state index is 0.271. The van der Waals surface area contributed by atoms with Gasteiger partial charge in [0.1, 0.15) is 28.8 Å². The first-order chi connectivity index (χ1) is 25.3. The first kappa shape index (κ1) is 28.0. The molecule has 3 aromatic heterocycles. The highest BCUT2D eigenvalue weighted by molar-refractivity contribution is 6.22. The number of benzene rings is 7. The van der Waals surface area contributed by atoms with Crippen molar-refractivity contribution in [1.82, 2.24) is 9.88 Å². The molecule has 0 spiro atoms. The van der Waals surface area contributed by atoms with Crippen molar-refractivity contribution < 1.29 is 8.83 Å². The summed E-state index contributed by atoms with van der Waals surface area (Å²) in [6.45, 7) is 0. The zero-order chi connectivity index (χ0) is 33.5. The molecule has 51 heavy (non-hydrogen) atoms. The van der Waals surface area contributed by atoms with Crippen LogP contribution in [0.3, 0.4) is 0 Å². The first-order valence-electron chi connectivity index (χ1n) is 17.1. The second-order valence-corrected chi connectivity index (χ2v) is 13.0. The van der Waals surface area contributed by atoms with Crippen LogP contribution >= 0.6 is 0 Å². The highest BCUT2D eigenvalue weighted by atomic mass is 16.3. The number of hydrogen-bond acceptors (Lipinski definition) is 5. The van der Waals surface area contributed by atoms with Crippen LogP contribution in [0.5, 0.6) is 0 Å². The van der Waals surface area contributed by atoms with Crippen molar-refractivity contribution in [1.29, 1.82) is 0 Å². The van der Waals surface area contributed by atoms with E-state index in [-0.39, 0.29) is 6.17 Å². The average Bonchev–Trinajstić information content (AvgIpc) is 3.87. The number of aromatic nitrogens is 1. The van der Waals surface area contributed by atoms with Crippen LogP contribution < -0.4 is 5.32 Å². The maximum absolute atomic E-state index is 6.58. The van der Waals surface area contributed by atoms with Gasteiger partial charge in [-0.15, -0.1) is 0 Å². The highest BCUT2D eigenvalue weighted by Gasteiger charge is 2.23. The molecule has 11 rings (SSSR count). The molecule has 1 aliphatic rings. The summed E-state index contributed by atoms with van der Waals surface area (Å²) < 4.78 is 15.4. The summed E-state index contributed by atoms with van der Waals surface area (Å²) in [5.74, 6) is 1.44. The van der Waals surface area contributed by atoms with E-state index in [9.17, 15) is 0 Å². The van der Waals surface area contributed by atoms with E-state index >= 15 is 0 Å². The molecule has 0 saturated heterocycles. The van der Waals surface area contributed by atoms with Crippen molar-refractivity contribution in [2.45, 2.75) is 6.17 Å². The van der Waals surface area contributed by atoms with Gasteiger partial charge in [-0.1, -0.05) is 109 Å². The lowest BCUT2D eigenvalue weighted by atomic mass is 10.1. The fraction of sp³-hybridized carbons (Fsp3) is 0.0222. The van der Waals surface area contributed by atoms with Crippen molar-refractivity contribution in [3.63, 3.8) is 0 Å². The number of fused-ring (bicyclic) bond motifs is 10. The summed E-state index contributed by atoms with van der Waals surface area (Å²) in [6, 6.07) is 54.4.